The van der Waals surface area contributed by atoms with E-state index in [0.29, 0.717) is 23.8 Å². The summed E-state index contributed by atoms with van der Waals surface area (Å²) < 4.78 is 21.6. The zero-order valence-electron chi connectivity index (χ0n) is 18.3. The van der Waals surface area contributed by atoms with Crippen molar-refractivity contribution in [2.75, 3.05) is 41.5 Å². The Kier molecular flexibility index (Phi) is 11.8. The van der Waals surface area contributed by atoms with Crippen LogP contribution in [0, 0.1) is 0 Å². The molecule has 0 unspecified atom stereocenters. The van der Waals surface area contributed by atoms with E-state index < -0.39 is 0 Å². The molecule has 2 rings (SSSR count). The molecule has 0 aliphatic carbocycles. The highest BCUT2D eigenvalue weighted by atomic mass is 127. The number of benzene rings is 2. The van der Waals surface area contributed by atoms with E-state index in [1.165, 1.54) is 0 Å². The summed E-state index contributed by atoms with van der Waals surface area (Å²) in [6.45, 7) is 4.02. The molecule has 0 aliphatic rings. The topological polar surface area (TPSA) is 73.3 Å². The third-order valence-electron chi connectivity index (χ3n) is 4.37. The second-order valence-corrected chi connectivity index (χ2v) is 6.22. The average Bonchev–Trinajstić information content (AvgIpc) is 2.76. The van der Waals surface area contributed by atoms with Crippen LogP contribution in [0.5, 0.6) is 23.0 Å². The van der Waals surface area contributed by atoms with E-state index in [9.17, 15) is 0 Å². The number of rotatable bonds is 10. The fourth-order valence-electron chi connectivity index (χ4n) is 2.96. The lowest BCUT2D eigenvalue weighted by atomic mass is 10.1. The fourth-order valence-corrected chi connectivity index (χ4v) is 2.96. The van der Waals surface area contributed by atoms with Gasteiger partial charge in [0.25, 0.3) is 0 Å². The highest BCUT2D eigenvalue weighted by molar-refractivity contribution is 14.0. The van der Waals surface area contributed by atoms with Gasteiger partial charge in [0.05, 0.1) is 35.0 Å². The summed E-state index contributed by atoms with van der Waals surface area (Å²) in [5.41, 5.74) is 2.12. The van der Waals surface area contributed by atoms with Crippen LogP contribution in [0.3, 0.4) is 0 Å². The van der Waals surface area contributed by atoms with E-state index in [1.54, 1.807) is 28.4 Å². The Labute approximate surface area is 196 Å². The summed E-state index contributed by atoms with van der Waals surface area (Å²) in [6.07, 6.45) is 0.832. The summed E-state index contributed by atoms with van der Waals surface area (Å²) in [4.78, 5) is 4.68. The van der Waals surface area contributed by atoms with Crippen LogP contribution in [-0.2, 0) is 13.0 Å². The Balaban J connectivity index is 0.00000450. The van der Waals surface area contributed by atoms with Crippen LogP contribution in [0.2, 0.25) is 0 Å². The van der Waals surface area contributed by atoms with Crippen LogP contribution in [0.25, 0.3) is 0 Å². The minimum absolute atomic E-state index is 0. The number of halogens is 1. The first-order chi connectivity index (χ1) is 14.2. The van der Waals surface area contributed by atoms with Crippen molar-refractivity contribution in [2.24, 2.45) is 4.99 Å². The Morgan fingerprint density at radius 1 is 0.867 bits per heavy atom. The number of ether oxygens (including phenoxy) is 4. The maximum atomic E-state index is 5.41. The third-order valence-corrected chi connectivity index (χ3v) is 4.37. The van der Waals surface area contributed by atoms with Gasteiger partial charge in [-0.05, 0) is 42.7 Å². The largest absolute Gasteiger partial charge is 0.496 e. The number of para-hydroxylation sites is 1. The van der Waals surface area contributed by atoms with Gasteiger partial charge in [-0.3, -0.25) is 0 Å². The molecule has 30 heavy (non-hydrogen) atoms. The van der Waals surface area contributed by atoms with Gasteiger partial charge in [0.15, 0.2) is 17.5 Å². The summed E-state index contributed by atoms with van der Waals surface area (Å²) in [5.74, 6) is 3.45. The van der Waals surface area contributed by atoms with Crippen molar-refractivity contribution in [2.45, 2.75) is 19.9 Å². The number of guanidine groups is 1. The molecule has 0 bridgehead atoms. The monoisotopic (exact) mass is 529 g/mol. The number of hydrogen-bond acceptors (Lipinski definition) is 5. The molecule has 0 aromatic heterocycles. The summed E-state index contributed by atoms with van der Waals surface area (Å²) in [7, 11) is 6.49. The van der Waals surface area contributed by atoms with Gasteiger partial charge in [0.2, 0.25) is 5.75 Å². The summed E-state index contributed by atoms with van der Waals surface area (Å²) in [5, 5.41) is 6.63. The van der Waals surface area contributed by atoms with Crippen molar-refractivity contribution in [1.29, 1.82) is 0 Å². The maximum Gasteiger partial charge on any atom is 0.203 e. The molecule has 0 radical (unpaired) electrons. The normalized spacial score (nSPS) is 10.6. The third kappa shape index (κ3) is 7.16. The predicted molar refractivity (Wildman–Crippen MR) is 131 cm³/mol. The maximum absolute atomic E-state index is 5.41. The van der Waals surface area contributed by atoms with E-state index >= 15 is 0 Å². The minimum Gasteiger partial charge on any atom is -0.496 e. The van der Waals surface area contributed by atoms with E-state index in [1.807, 2.05) is 37.3 Å². The smallest absolute Gasteiger partial charge is 0.203 e. The molecular weight excluding hydrogens is 497 g/mol. The lowest BCUT2D eigenvalue weighted by Crippen LogP contribution is -2.38. The van der Waals surface area contributed by atoms with Gasteiger partial charge in [-0.25, -0.2) is 4.99 Å². The van der Waals surface area contributed by atoms with E-state index in [0.717, 1.165) is 42.3 Å². The van der Waals surface area contributed by atoms with Crippen LogP contribution in [0.4, 0.5) is 0 Å². The van der Waals surface area contributed by atoms with Crippen LogP contribution >= 0.6 is 24.0 Å². The van der Waals surface area contributed by atoms with Gasteiger partial charge in [-0.1, -0.05) is 18.2 Å². The highest BCUT2D eigenvalue weighted by Crippen LogP contribution is 2.38. The van der Waals surface area contributed by atoms with Crippen molar-refractivity contribution in [1.82, 2.24) is 10.6 Å². The van der Waals surface area contributed by atoms with Crippen molar-refractivity contribution in [3.8, 4) is 23.0 Å². The Bertz CT molecular complexity index is 790. The number of hydrogen-bond donors (Lipinski definition) is 2. The first-order valence-corrected chi connectivity index (χ1v) is 9.59. The molecular formula is C22H32IN3O4. The Morgan fingerprint density at radius 2 is 1.50 bits per heavy atom. The molecule has 8 heteroatoms. The molecule has 2 aromatic rings. The van der Waals surface area contributed by atoms with Crippen molar-refractivity contribution in [3.05, 3.63) is 47.5 Å². The van der Waals surface area contributed by atoms with Gasteiger partial charge >= 0.3 is 0 Å². The molecule has 0 amide bonds. The zero-order chi connectivity index (χ0) is 21.1. The Morgan fingerprint density at radius 3 is 2.07 bits per heavy atom. The number of nitrogens with one attached hydrogen (secondary N) is 2. The molecule has 166 valence electrons. The van der Waals surface area contributed by atoms with E-state index in [4.69, 9.17) is 18.9 Å². The van der Waals surface area contributed by atoms with Gasteiger partial charge in [0.1, 0.15) is 5.75 Å². The van der Waals surface area contributed by atoms with E-state index in [-0.39, 0.29) is 24.0 Å². The van der Waals surface area contributed by atoms with Gasteiger partial charge in [0, 0.05) is 13.1 Å². The second-order valence-electron chi connectivity index (χ2n) is 6.22. The molecule has 0 saturated carbocycles. The molecule has 2 aromatic carbocycles. The van der Waals surface area contributed by atoms with Crippen molar-refractivity contribution >= 4 is 29.9 Å². The van der Waals surface area contributed by atoms with Crippen LogP contribution < -0.4 is 29.6 Å². The van der Waals surface area contributed by atoms with Crippen LogP contribution in [0.15, 0.2) is 41.4 Å². The number of nitrogens with zero attached hydrogens (tertiary/aromatic N) is 1. The summed E-state index contributed by atoms with van der Waals surface area (Å²) >= 11 is 0. The molecule has 7 nitrogen and oxygen atoms in total. The lowest BCUT2D eigenvalue weighted by Gasteiger charge is -2.15. The Hall–Kier alpha value is -2.36. The van der Waals surface area contributed by atoms with Gasteiger partial charge in [-0.2, -0.15) is 0 Å². The quantitative estimate of drug-likeness (QED) is 0.278. The predicted octanol–water partition coefficient (Wildman–Crippen LogP) is 3.64. The zero-order valence-corrected chi connectivity index (χ0v) is 20.6. The standard InChI is InChI=1S/C22H31N3O4.HI/c1-6-23-22(24-12-11-17-9-7-8-10-18(17)26-2)25-15-16-13-19(27-3)21(29-5)20(14-16)28-4;/h7-10,13-14H,6,11-12,15H2,1-5H3,(H2,23,24,25);1H. The first kappa shape index (κ1) is 25.7. The molecule has 0 fully saturated rings. The average molecular weight is 529 g/mol. The van der Waals surface area contributed by atoms with Crippen molar-refractivity contribution in [3.63, 3.8) is 0 Å². The van der Waals surface area contributed by atoms with Crippen LogP contribution in [-0.4, -0.2) is 47.5 Å². The van der Waals surface area contributed by atoms with Gasteiger partial charge < -0.3 is 29.6 Å². The van der Waals surface area contributed by atoms with Gasteiger partial charge in [-0.15, -0.1) is 24.0 Å². The molecule has 0 atom stereocenters. The van der Waals surface area contributed by atoms with Crippen LogP contribution in [0.1, 0.15) is 18.1 Å². The SMILES string of the molecule is CCNC(=NCc1cc(OC)c(OC)c(OC)c1)NCCc1ccccc1OC.I. The fraction of sp³-hybridized carbons (Fsp3) is 0.409. The molecule has 0 spiro atoms. The highest BCUT2D eigenvalue weighted by Gasteiger charge is 2.13. The first-order valence-electron chi connectivity index (χ1n) is 9.59. The molecule has 2 N–H and O–H groups in total. The van der Waals surface area contributed by atoms with Crippen molar-refractivity contribution < 1.29 is 18.9 Å². The molecule has 0 heterocycles. The van der Waals surface area contributed by atoms with E-state index in [2.05, 4.69) is 21.7 Å². The number of aliphatic imine (C=N–C) groups is 1. The lowest BCUT2D eigenvalue weighted by molar-refractivity contribution is 0.324. The molecule has 0 aliphatic heterocycles. The molecule has 0 saturated heterocycles. The summed E-state index contributed by atoms with van der Waals surface area (Å²) in [6, 6.07) is 11.8. The minimum atomic E-state index is 0. The second kappa shape index (κ2) is 13.8. The number of methoxy groups -OCH3 is 4.